The summed E-state index contributed by atoms with van der Waals surface area (Å²) in [6, 6.07) is 4.50. The molecule has 1 unspecified atom stereocenters. The fraction of sp³-hybridized carbons (Fsp3) is 0.500. The number of nitrogens with zero attached hydrogens (tertiary/aromatic N) is 2. The van der Waals surface area contributed by atoms with Crippen molar-refractivity contribution in [2.24, 2.45) is 0 Å². The zero-order chi connectivity index (χ0) is 19.8. The number of ether oxygens (including phenoxy) is 1. The molecule has 146 valence electrons. The number of nitro groups is 1. The van der Waals surface area contributed by atoms with Gasteiger partial charge in [0.15, 0.2) is 0 Å². The average molecular weight is 377 g/mol. The number of benzene rings is 1. The van der Waals surface area contributed by atoms with Gasteiger partial charge in [0.2, 0.25) is 5.91 Å². The Morgan fingerprint density at radius 1 is 1.33 bits per heavy atom. The predicted octanol–water partition coefficient (Wildman–Crippen LogP) is 1.66. The van der Waals surface area contributed by atoms with Crippen LogP contribution in [0.15, 0.2) is 24.3 Å². The molecule has 1 aromatic carbocycles. The monoisotopic (exact) mass is 377 g/mol. The molecular formula is C18H23N3O6. The van der Waals surface area contributed by atoms with Crippen LogP contribution in [0, 0.1) is 10.1 Å². The first-order valence-corrected chi connectivity index (χ1v) is 8.93. The largest absolute Gasteiger partial charge is 0.466 e. The Kier molecular flexibility index (Phi) is 7.27. The Morgan fingerprint density at radius 2 is 2.07 bits per heavy atom. The number of nitro benzene ring substituents is 1. The summed E-state index contributed by atoms with van der Waals surface area (Å²) in [6.45, 7) is 2.66. The van der Waals surface area contributed by atoms with E-state index in [1.165, 1.54) is 29.2 Å². The van der Waals surface area contributed by atoms with Gasteiger partial charge in [0.1, 0.15) is 11.6 Å². The highest BCUT2D eigenvalue weighted by Crippen LogP contribution is 2.22. The van der Waals surface area contributed by atoms with Gasteiger partial charge in [0, 0.05) is 19.2 Å². The molecule has 27 heavy (non-hydrogen) atoms. The summed E-state index contributed by atoms with van der Waals surface area (Å²) in [6.07, 6.45) is 2.36. The molecule has 2 amide bonds. The lowest BCUT2D eigenvalue weighted by Gasteiger charge is -2.34. The summed E-state index contributed by atoms with van der Waals surface area (Å²) in [7, 11) is 0. The van der Waals surface area contributed by atoms with Crippen LogP contribution in [0.25, 0.3) is 0 Å². The van der Waals surface area contributed by atoms with Crippen molar-refractivity contribution in [3.05, 3.63) is 39.9 Å². The quantitative estimate of drug-likeness (QED) is 0.318. The molecular weight excluding hydrogens is 354 g/mol. The van der Waals surface area contributed by atoms with Crippen molar-refractivity contribution in [1.82, 2.24) is 10.2 Å². The van der Waals surface area contributed by atoms with Crippen LogP contribution >= 0.6 is 0 Å². The number of carbonyl (C=O) groups excluding carboxylic acids is 3. The van der Waals surface area contributed by atoms with Gasteiger partial charge in [-0.05, 0) is 12.5 Å². The lowest BCUT2D eigenvalue weighted by molar-refractivity contribution is -0.385. The zero-order valence-corrected chi connectivity index (χ0v) is 15.2. The Balaban J connectivity index is 2.13. The Bertz CT molecular complexity index is 721. The number of piperazine rings is 1. The third-order valence-corrected chi connectivity index (χ3v) is 4.29. The first-order valence-electron chi connectivity index (χ1n) is 8.93. The van der Waals surface area contributed by atoms with Crippen molar-refractivity contribution < 1.29 is 24.0 Å². The average Bonchev–Trinajstić information content (AvgIpc) is 2.66. The summed E-state index contributed by atoms with van der Waals surface area (Å²) in [5.74, 6) is -1.70. The van der Waals surface area contributed by atoms with E-state index < -0.39 is 28.7 Å². The van der Waals surface area contributed by atoms with Crippen LogP contribution in [-0.2, 0) is 14.3 Å². The minimum atomic E-state index is -1.05. The molecule has 0 spiro atoms. The number of esters is 1. The van der Waals surface area contributed by atoms with E-state index in [0.29, 0.717) is 0 Å². The maximum atomic E-state index is 12.9. The molecule has 0 aromatic heterocycles. The van der Waals surface area contributed by atoms with E-state index in [1.807, 2.05) is 6.92 Å². The van der Waals surface area contributed by atoms with Crippen molar-refractivity contribution >= 4 is 23.5 Å². The molecule has 1 aliphatic rings. The van der Waals surface area contributed by atoms with E-state index >= 15 is 0 Å². The van der Waals surface area contributed by atoms with Gasteiger partial charge in [-0.3, -0.25) is 24.5 Å². The number of hydrogen-bond acceptors (Lipinski definition) is 6. The summed E-state index contributed by atoms with van der Waals surface area (Å²) in [4.78, 5) is 48.9. The molecule has 0 saturated carbocycles. The first kappa shape index (κ1) is 20.3. The van der Waals surface area contributed by atoms with Crippen molar-refractivity contribution in [1.29, 1.82) is 0 Å². The molecule has 1 fully saturated rings. The molecule has 0 bridgehead atoms. The predicted molar refractivity (Wildman–Crippen MR) is 96.0 cm³/mol. The Morgan fingerprint density at radius 3 is 2.78 bits per heavy atom. The number of hydrogen-bond donors (Lipinski definition) is 1. The lowest BCUT2D eigenvalue weighted by Crippen LogP contribution is -2.57. The van der Waals surface area contributed by atoms with Crippen molar-refractivity contribution in [3.8, 4) is 0 Å². The number of amides is 2. The van der Waals surface area contributed by atoms with Crippen molar-refractivity contribution in [2.45, 2.75) is 38.6 Å². The Hall–Kier alpha value is -2.97. The van der Waals surface area contributed by atoms with Crippen LogP contribution < -0.4 is 5.32 Å². The highest BCUT2D eigenvalue weighted by molar-refractivity contribution is 6.01. The maximum absolute atomic E-state index is 12.9. The molecule has 1 aromatic rings. The minimum Gasteiger partial charge on any atom is -0.466 e. The molecule has 1 N–H and O–H groups in total. The smallest absolute Gasteiger partial charge is 0.308 e. The van der Waals surface area contributed by atoms with E-state index in [-0.39, 0.29) is 37.4 Å². The highest BCUT2D eigenvalue weighted by atomic mass is 16.6. The van der Waals surface area contributed by atoms with Crippen LogP contribution in [0.4, 0.5) is 5.69 Å². The standard InChI is InChI=1S/C18H23N3O6/c1-2-3-6-11-27-16(22)12-15-17(23)19-9-10-20(15)18(24)13-7-4-5-8-14(13)21(25)26/h4-5,7-8,15H,2-3,6,9-12H2,1H3,(H,19,23). The summed E-state index contributed by atoms with van der Waals surface area (Å²) < 4.78 is 5.13. The summed E-state index contributed by atoms with van der Waals surface area (Å²) in [5.41, 5.74) is -0.451. The van der Waals surface area contributed by atoms with Crippen LogP contribution in [0.2, 0.25) is 0 Å². The van der Waals surface area contributed by atoms with E-state index in [0.717, 1.165) is 19.3 Å². The van der Waals surface area contributed by atoms with Gasteiger partial charge in [0.25, 0.3) is 11.6 Å². The second-order valence-corrected chi connectivity index (χ2v) is 6.21. The molecule has 1 saturated heterocycles. The second-order valence-electron chi connectivity index (χ2n) is 6.21. The SMILES string of the molecule is CCCCCOC(=O)CC1C(=O)NCCN1C(=O)c1ccccc1[N+](=O)[O-]. The lowest BCUT2D eigenvalue weighted by atomic mass is 10.1. The number of para-hydroxylation sites is 1. The summed E-state index contributed by atoms with van der Waals surface area (Å²) >= 11 is 0. The van der Waals surface area contributed by atoms with Crippen LogP contribution in [-0.4, -0.2) is 53.3 Å². The molecule has 9 heteroatoms. The van der Waals surface area contributed by atoms with E-state index in [1.54, 1.807) is 0 Å². The van der Waals surface area contributed by atoms with Gasteiger partial charge in [0.05, 0.1) is 18.0 Å². The van der Waals surface area contributed by atoms with Gasteiger partial charge in [-0.25, -0.2) is 0 Å². The maximum Gasteiger partial charge on any atom is 0.308 e. The third kappa shape index (κ3) is 5.25. The van der Waals surface area contributed by atoms with E-state index in [9.17, 15) is 24.5 Å². The number of unbranched alkanes of at least 4 members (excludes halogenated alkanes) is 2. The van der Waals surface area contributed by atoms with Crippen LogP contribution in [0.5, 0.6) is 0 Å². The first-order chi connectivity index (χ1) is 13.0. The number of carbonyl (C=O) groups is 3. The van der Waals surface area contributed by atoms with Gasteiger partial charge in [-0.15, -0.1) is 0 Å². The van der Waals surface area contributed by atoms with Gasteiger partial charge in [-0.1, -0.05) is 31.9 Å². The van der Waals surface area contributed by atoms with Gasteiger partial charge in [-0.2, -0.15) is 0 Å². The second kappa shape index (κ2) is 9.65. The van der Waals surface area contributed by atoms with E-state index in [4.69, 9.17) is 4.74 Å². The third-order valence-electron chi connectivity index (χ3n) is 4.29. The molecule has 0 radical (unpaired) electrons. The van der Waals surface area contributed by atoms with Gasteiger partial charge < -0.3 is 15.0 Å². The van der Waals surface area contributed by atoms with Gasteiger partial charge >= 0.3 is 5.97 Å². The molecule has 9 nitrogen and oxygen atoms in total. The number of rotatable bonds is 8. The number of nitrogens with one attached hydrogen (secondary N) is 1. The molecule has 0 aliphatic carbocycles. The molecule has 1 aliphatic heterocycles. The molecule has 2 rings (SSSR count). The van der Waals surface area contributed by atoms with Crippen LogP contribution in [0.1, 0.15) is 43.0 Å². The minimum absolute atomic E-state index is 0.112. The summed E-state index contributed by atoms with van der Waals surface area (Å²) in [5, 5.41) is 13.8. The van der Waals surface area contributed by atoms with Crippen molar-refractivity contribution in [2.75, 3.05) is 19.7 Å². The highest BCUT2D eigenvalue weighted by Gasteiger charge is 2.37. The normalized spacial score (nSPS) is 16.6. The molecule has 1 atom stereocenters. The Labute approximate surface area is 156 Å². The fourth-order valence-corrected chi connectivity index (χ4v) is 2.88. The topological polar surface area (TPSA) is 119 Å². The van der Waals surface area contributed by atoms with Crippen LogP contribution in [0.3, 0.4) is 0 Å². The van der Waals surface area contributed by atoms with E-state index in [2.05, 4.69) is 5.32 Å². The molecule has 1 heterocycles. The zero-order valence-electron chi connectivity index (χ0n) is 15.2. The fourth-order valence-electron chi connectivity index (χ4n) is 2.88. The van der Waals surface area contributed by atoms with Crippen molar-refractivity contribution in [3.63, 3.8) is 0 Å².